The molecule has 2 unspecified atom stereocenters. The van der Waals surface area contributed by atoms with E-state index in [9.17, 15) is 4.79 Å². The molecule has 2 N–H and O–H groups in total. The monoisotopic (exact) mass is 428 g/mol. The molecule has 1 saturated heterocycles. The third-order valence-corrected chi connectivity index (χ3v) is 5.14. The minimum atomic E-state index is -0.188. The van der Waals surface area contributed by atoms with Crippen molar-refractivity contribution in [2.24, 2.45) is 0 Å². The lowest BCUT2D eigenvalue weighted by atomic mass is 10.1. The Kier molecular flexibility index (Phi) is 8.32. The van der Waals surface area contributed by atoms with E-state index in [0.717, 1.165) is 30.8 Å². The van der Waals surface area contributed by atoms with Crippen LogP contribution in [0.4, 0.5) is 0 Å². The molecule has 2 aromatic rings. The van der Waals surface area contributed by atoms with E-state index in [-0.39, 0.29) is 30.4 Å². The van der Waals surface area contributed by atoms with Crippen molar-refractivity contribution in [1.29, 1.82) is 0 Å². The van der Waals surface area contributed by atoms with Gasteiger partial charge in [0.05, 0.1) is 12.6 Å². The Morgan fingerprint density at radius 2 is 2.22 bits per heavy atom. The van der Waals surface area contributed by atoms with Gasteiger partial charge in [-0.3, -0.25) is 14.7 Å². The number of nitrogens with one attached hydrogen (secondary N) is 2. The van der Waals surface area contributed by atoms with Crippen molar-refractivity contribution in [3.63, 3.8) is 0 Å². The lowest BCUT2D eigenvalue weighted by Gasteiger charge is -2.36. The van der Waals surface area contributed by atoms with E-state index in [0.29, 0.717) is 16.6 Å². The van der Waals surface area contributed by atoms with Crippen molar-refractivity contribution < 1.29 is 4.79 Å². The molecular formula is C19H23Cl3N4O. The summed E-state index contributed by atoms with van der Waals surface area (Å²) in [6.45, 7) is 4.73. The highest BCUT2D eigenvalue weighted by atomic mass is 35.5. The molecule has 2 heterocycles. The molecular weight excluding hydrogens is 407 g/mol. The zero-order chi connectivity index (χ0) is 18.5. The lowest BCUT2D eigenvalue weighted by molar-refractivity contribution is -0.123. The van der Waals surface area contributed by atoms with Crippen molar-refractivity contribution in [2.45, 2.75) is 19.0 Å². The number of aromatic nitrogens is 1. The SMILES string of the molecule is CC(NC(=O)CN1CCNCC1c1cccnc1)c1ccc(Cl)cc1Cl.Cl. The van der Waals surface area contributed by atoms with Gasteiger partial charge in [-0.15, -0.1) is 12.4 Å². The molecule has 2 atom stereocenters. The van der Waals surface area contributed by atoms with E-state index >= 15 is 0 Å². The Bertz CT molecular complexity index is 760. The quantitative estimate of drug-likeness (QED) is 0.762. The average molecular weight is 430 g/mol. The fourth-order valence-electron chi connectivity index (χ4n) is 3.24. The summed E-state index contributed by atoms with van der Waals surface area (Å²) in [5.41, 5.74) is 1.97. The van der Waals surface area contributed by atoms with Crippen molar-refractivity contribution in [3.05, 3.63) is 63.9 Å². The summed E-state index contributed by atoms with van der Waals surface area (Å²) < 4.78 is 0. The number of amides is 1. The van der Waals surface area contributed by atoms with Crippen LogP contribution < -0.4 is 10.6 Å². The van der Waals surface area contributed by atoms with E-state index in [1.54, 1.807) is 18.3 Å². The first-order valence-electron chi connectivity index (χ1n) is 8.63. The molecule has 1 aliphatic heterocycles. The molecule has 0 bridgehead atoms. The first-order chi connectivity index (χ1) is 12.5. The number of piperazine rings is 1. The van der Waals surface area contributed by atoms with Crippen LogP contribution in [0.25, 0.3) is 0 Å². The summed E-state index contributed by atoms with van der Waals surface area (Å²) in [6, 6.07) is 9.23. The molecule has 8 heteroatoms. The number of halogens is 3. The smallest absolute Gasteiger partial charge is 0.234 e. The van der Waals surface area contributed by atoms with Gasteiger partial charge in [0, 0.05) is 48.1 Å². The van der Waals surface area contributed by atoms with Crippen LogP contribution in [0, 0.1) is 0 Å². The maximum atomic E-state index is 12.6. The van der Waals surface area contributed by atoms with Crippen LogP contribution in [0.3, 0.4) is 0 Å². The third-order valence-electron chi connectivity index (χ3n) is 4.58. The van der Waals surface area contributed by atoms with Gasteiger partial charge in [0.25, 0.3) is 0 Å². The van der Waals surface area contributed by atoms with E-state index < -0.39 is 0 Å². The molecule has 0 saturated carbocycles. The number of nitrogens with zero attached hydrogens (tertiary/aromatic N) is 2. The van der Waals surface area contributed by atoms with Gasteiger partial charge < -0.3 is 10.6 Å². The van der Waals surface area contributed by atoms with Crippen LogP contribution in [-0.4, -0.2) is 42.0 Å². The molecule has 5 nitrogen and oxygen atoms in total. The zero-order valence-corrected chi connectivity index (χ0v) is 17.3. The van der Waals surface area contributed by atoms with E-state index in [4.69, 9.17) is 23.2 Å². The highest BCUT2D eigenvalue weighted by Gasteiger charge is 2.26. The summed E-state index contributed by atoms with van der Waals surface area (Å²) in [6.07, 6.45) is 3.62. The standard InChI is InChI=1S/C19H22Cl2N4O.ClH/c1-13(16-5-4-15(20)9-17(16)21)24-19(26)12-25-8-7-23-11-18(25)14-3-2-6-22-10-14;/h2-6,9-10,13,18,23H,7-8,11-12H2,1H3,(H,24,26);1H. The second-order valence-electron chi connectivity index (χ2n) is 6.43. The van der Waals surface area contributed by atoms with Crippen molar-refractivity contribution in [2.75, 3.05) is 26.2 Å². The Hall–Kier alpha value is -1.37. The number of pyridine rings is 1. The third kappa shape index (κ3) is 5.80. The Morgan fingerprint density at radius 3 is 2.93 bits per heavy atom. The highest BCUT2D eigenvalue weighted by Crippen LogP contribution is 2.26. The van der Waals surface area contributed by atoms with E-state index in [1.165, 1.54) is 0 Å². The molecule has 3 rings (SSSR count). The van der Waals surface area contributed by atoms with Crippen LogP contribution in [0.2, 0.25) is 10.0 Å². The molecule has 1 aliphatic rings. The fraction of sp³-hybridized carbons (Fsp3) is 0.368. The zero-order valence-electron chi connectivity index (χ0n) is 15.0. The second-order valence-corrected chi connectivity index (χ2v) is 7.28. The topological polar surface area (TPSA) is 57.3 Å². The predicted octanol–water partition coefficient (Wildman–Crippen LogP) is 3.63. The molecule has 0 radical (unpaired) electrons. The van der Waals surface area contributed by atoms with E-state index in [1.807, 2.05) is 31.3 Å². The van der Waals surface area contributed by atoms with Crippen LogP contribution in [0.15, 0.2) is 42.7 Å². The number of hydrogen-bond donors (Lipinski definition) is 2. The van der Waals surface area contributed by atoms with Crippen LogP contribution in [0.5, 0.6) is 0 Å². The molecule has 0 spiro atoms. The molecule has 1 aromatic carbocycles. The van der Waals surface area contributed by atoms with Crippen molar-refractivity contribution >= 4 is 41.5 Å². The van der Waals surface area contributed by atoms with Crippen LogP contribution in [-0.2, 0) is 4.79 Å². The molecule has 1 amide bonds. The van der Waals surface area contributed by atoms with Gasteiger partial charge >= 0.3 is 0 Å². The lowest BCUT2D eigenvalue weighted by Crippen LogP contribution is -2.49. The summed E-state index contributed by atoms with van der Waals surface area (Å²) in [5.74, 6) is -0.0284. The van der Waals surface area contributed by atoms with Gasteiger partial charge in [-0.25, -0.2) is 0 Å². The molecule has 1 aromatic heterocycles. The first kappa shape index (κ1) is 21.9. The first-order valence-corrected chi connectivity index (χ1v) is 9.39. The van der Waals surface area contributed by atoms with Crippen molar-refractivity contribution in [3.8, 4) is 0 Å². The Balaban J connectivity index is 0.00000261. The van der Waals surface area contributed by atoms with Crippen molar-refractivity contribution in [1.82, 2.24) is 20.5 Å². The van der Waals surface area contributed by atoms with Gasteiger partial charge in [-0.1, -0.05) is 35.3 Å². The average Bonchev–Trinajstić information content (AvgIpc) is 2.62. The number of carbonyl (C=O) groups is 1. The van der Waals surface area contributed by atoms with Crippen LogP contribution >= 0.6 is 35.6 Å². The highest BCUT2D eigenvalue weighted by molar-refractivity contribution is 6.35. The number of carbonyl (C=O) groups excluding carboxylic acids is 1. The van der Waals surface area contributed by atoms with Crippen LogP contribution in [0.1, 0.15) is 30.1 Å². The summed E-state index contributed by atoms with van der Waals surface area (Å²) >= 11 is 12.2. The molecule has 146 valence electrons. The summed E-state index contributed by atoms with van der Waals surface area (Å²) in [4.78, 5) is 19.0. The number of hydrogen-bond acceptors (Lipinski definition) is 4. The Morgan fingerprint density at radius 1 is 1.41 bits per heavy atom. The summed E-state index contributed by atoms with van der Waals surface area (Å²) in [5, 5.41) is 7.55. The maximum Gasteiger partial charge on any atom is 0.234 e. The fourth-order valence-corrected chi connectivity index (χ4v) is 3.81. The minimum Gasteiger partial charge on any atom is -0.348 e. The maximum absolute atomic E-state index is 12.6. The molecule has 27 heavy (non-hydrogen) atoms. The molecule has 0 aliphatic carbocycles. The summed E-state index contributed by atoms with van der Waals surface area (Å²) in [7, 11) is 0. The van der Waals surface area contributed by atoms with Gasteiger partial charge in [-0.05, 0) is 36.2 Å². The molecule has 1 fully saturated rings. The number of rotatable bonds is 5. The Labute approximate surface area is 175 Å². The predicted molar refractivity (Wildman–Crippen MR) is 112 cm³/mol. The normalized spacial score (nSPS) is 18.4. The number of benzene rings is 1. The minimum absolute atomic E-state index is 0. The van der Waals surface area contributed by atoms with Gasteiger partial charge in [0.1, 0.15) is 0 Å². The van der Waals surface area contributed by atoms with Gasteiger partial charge in [0.2, 0.25) is 5.91 Å². The second kappa shape index (κ2) is 10.2. The van der Waals surface area contributed by atoms with Gasteiger partial charge in [-0.2, -0.15) is 0 Å². The largest absolute Gasteiger partial charge is 0.348 e. The van der Waals surface area contributed by atoms with E-state index in [2.05, 4.69) is 20.5 Å². The van der Waals surface area contributed by atoms with Gasteiger partial charge in [0.15, 0.2) is 0 Å².